The highest BCUT2D eigenvalue weighted by Gasteiger charge is 2.44. The molecule has 3 rings (SSSR count). The van der Waals surface area contributed by atoms with Crippen molar-refractivity contribution in [3.8, 4) is 0 Å². The minimum Gasteiger partial charge on any atom is -0.472 e. The van der Waals surface area contributed by atoms with Crippen LogP contribution in [0.4, 0.5) is 4.79 Å². The summed E-state index contributed by atoms with van der Waals surface area (Å²) in [4.78, 5) is 27.0. The summed E-state index contributed by atoms with van der Waals surface area (Å²) in [5.74, 6) is 0.112. The van der Waals surface area contributed by atoms with E-state index in [-0.39, 0.29) is 29.9 Å². The summed E-state index contributed by atoms with van der Waals surface area (Å²) in [5.41, 5.74) is 0.147. The molecule has 0 N–H and O–H groups in total. The number of nitrogens with zero attached hydrogens (tertiary/aromatic N) is 1. The topological polar surface area (TPSA) is 59.8 Å². The minimum atomic E-state index is -0.491. The van der Waals surface area contributed by atoms with Crippen LogP contribution >= 0.6 is 0 Å². The first-order valence-corrected chi connectivity index (χ1v) is 8.43. The second-order valence-corrected chi connectivity index (χ2v) is 7.67. The van der Waals surface area contributed by atoms with Gasteiger partial charge in [-0.25, -0.2) is 4.79 Å². The molecule has 3 heterocycles. The van der Waals surface area contributed by atoms with Crippen molar-refractivity contribution in [1.82, 2.24) is 4.90 Å². The Morgan fingerprint density at radius 3 is 2.39 bits per heavy atom. The third-order valence-electron chi connectivity index (χ3n) is 4.76. The van der Waals surface area contributed by atoms with E-state index in [9.17, 15) is 9.59 Å². The fourth-order valence-electron chi connectivity index (χ4n) is 3.85. The lowest BCUT2D eigenvalue weighted by Gasteiger charge is -2.48. The van der Waals surface area contributed by atoms with Crippen molar-refractivity contribution in [3.63, 3.8) is 0 Å². The van der Waals surface area contributed by atoms with Crippen LogP contribution in [-0.4, -0.2) is 34.5 Å². The summed E-state index contributed by atoms with van der Waals surface area (Å²) in [7, 11) is 0. The van der Waals surface area contributed by atoms with Crippen LogP contribution in [0.2, 0.25) is 0 Å². The van der Waals surface area contributed by atoms with E-state index in [0.717, 1.165) is 32.1 Å². The second kappa shape index (κ2) is 6.02. The van der Waals surface area contributed by atoms with Gasteiger partial charge in [0.15, 0.2) is 5.78 Å². The average Bonchev–Trinajstić information content (AvgIpc) is 2.97. The molecule has 2 aliphatic rings. The quantitative estimate of drug-likeness (QED) is 0.772. The Morgan fingerprint density at radius 1 is 1.22 bits per heavy atom. The molecule has 0 aromatic carbocycles. The first kappa shape index (κ1) is 16.1. The van der Waals surface area contributed by atoms with Gasteiger partial charge in [-0.2, -0.15) is 0 Å². The van der Waals surface area contributed by atoms with Gasteiger partial charge in [0.2, 0.25) is 0 Å². The van der Waals surface area contributed by atoms with Gasteiger partial charge in [-0.3, -0.25) is 4.79 Å². The number of ketones is 1. The molecule has 2 fully saturated rings. The summed E-state index contributed by atoms with van der Waals surface area (Å²) >= 11 is 0. The Balaban J connectivity index is 1.73. The number of hydrogen-bond acceptors (Lipinski definition) is 4. The van der Waals surface area contributed by atoms with Crippen molar-refractivity contribution in [1.29, 1.82) is 0 Å². The van der Waals surface area contributed by atoms with Crippen molar-refractivity contribution in [2.75, 3.05) is 0 Å². The highest BCUT2D eigenvalue weighted by molar-refractivity contribution is 5.97. The second-order valence-electron chi connectivity index (χ2n) is 7.67. The summed E-state index contributed by atoms with van der Waals surface area (Å²) < 4.78 is 10.6. The summed E-state index contributed by atoms with van der Waals surface area (Å²) in [6.07, 6.45) is 7.26. The Kier molecular flexibility index (Phi) is 4.21. The van der Waals surface area contributed by atoms with Gasteiger partial charge in [-0.1, -0.05) is 0 Å². The van der Waals surface area contributed by atoms with Crippen LogP contribution < -0.4 is 0 Å². The zero-order valence-corrected chi connectivity index (χ0v) is 14.1. The number of Topliss-reactive ketones (excluding diaryl/α,β-unsaturated/α-hetero) is 1. The van der Waals surface area contributed by atoms with E-state index in [1.165, 1.54) is 12.5 Å². The smallest absolute Gasteiger partial charge is 0.410 e. The van der Waals surface area contributed by atoms with E-state index in [1.807, 2.05) is 25.7 Å². The van der Waals surface area contributed by atoms with E-state index in [1.54, 1.807) is 6.07 Å². The average molecular weight is 319 g/mol. The van der Waals surface area contributed by atoms with Gasteiger partial charge >= 0.3 is 6.09 Å². The molecule has 1 aromatic heterocycles. The molecule has 2 atom stereocenters. The van der Waals surface area contributed by atoms with Gasteiger partial charge in [0.05, 0.1) is 11.8 Å². The van der Waals surface area contributed by atoms with Crippen LogP contribution in [0.15, 0.2) is 23.0 Å². The van der Waals surface area contributed by atoms with Crippen molar-refractivity contribution in [3.05, 3.63) is 24.2 Å². The molecule has 23 heavy (non-hydrogen) atoms. The van der Waals surface area contributed by atoms with Crippen LogP contribution in [0.5, 0.6) is 0 Å². The van der Waals surface area contributed by atoms with E-state index >= 15 is 0 Å². The molecule has 0 aliphatic carbocycles. The summed E-state index contributed by atoms with van der Waals surface area (Å²) in [6, 6.07) is 1.94. The van der Waals surface area contributed by atoms with Gasteiger partial charge < -0.3 is 14.1 Å². The fourth-order valence-corrected chi connectivity index (χ4v) is 3.85. The summed E-state index contributed by atoms with van der Waals surface area (Å²) in [5, 5.41) is 0. The predicted octanol–water partition coefficient (Wildman–Crippen LogP) is 4.03. The van der Waals surface area contributed by atoms with Crippen LogP contribution in [-0.2, 0) is 4.74 Å². The van der Waals surface area contributed by atoms with Gasteiger partial charge in [0.1, 0.15) is 11.9 Å². The molecule has 5 nitrogen and oxygen atoms in total. The van der Waals surface area contributed by atoms with Crippen LogP contribution in [0, 0.1) is 5.92 Å². The molecule has 0 saturated carbocycles. The lowest BCUT2D eigenvalue weighted by atomic mass is 9.76. The standard InChI is InChI=1S/C18H25NO4/c1-18(2,3)23-17(21)19-14-5-4-6-15(19)10-13(9-14)16(20)12-7-8-22-11-12/h7-8,11,13-15H,4-6,9-10H2,1-3H3. The largest absolute Gasteiger partial charge is 0.472 e. The lowest BCUT2D eigenvalue weighted by molar-refractivity contribution is -0.0260. The number of carbonyl (C=O) groups excluding carboxylic acids is 2. The molecule has 1 aromatic rings. The van der Waals surface area contributed by atoms with Crippen molar-refractivity contribution >= 4 is 11.9 Å². The van der Waals surface area contributed by atoms with Crippen molar-refractivity contribution < 1.29 is 18.7 Å². The number of rotatable bonds is 2. The molecular weight excluding hydrogens is 294 g/mol. The molecule has 5 heteroatoms. The van der Waals surface area contributed by atoms with E-state index in [2.05, 4.69) is 0 Å². The molecular formula is C18H25NO4. The monoisotopic (exact) mass is 319 g/mol. The molecule has 2 saturated heterocycles. The lowest BCUT2D eigenvalue weighted by Crippen LogP contribution is -2.56. The first-order chi connectivity index (χ1) is 10.8. The zero-order valence-electron chi connectivity index (χ0n) is 14.1. The number of hydrogen-bond donors (Lipinski definition) is 0. The van der Waals surface area contributed by atoms with E-state index in [0.29, 0.717) is 5.56 Å². The molecule has 0 spiro atoms. The molecule has 1 amide bonds. The minimum absolute atomic E-state index is 0.0263. The molecule has 2 unspecified atom stereocenters. The van der Waals surface area contributed by atoms with Crippen LogP contribution in [0.25, 0.3) is 0 Å². The highest BCUT2D eigenvalue weighted by Crippen LogP contribution is 2.39. The van der Waals surface area contributed by atoms with Gasteiger partial charge in [0.25, 0.3) is 0 Å². The number of amides is 1. The van der Waals surface area contributed by atoms with Crippen molar-refractivity contribution in [2.45, 2.75) is 70.6 Å². The Bertz CT molecular complexity index is 558. The SMILES string of the molecule is CC(C)(C)OC(=O)N1C2CCCC1CC(C(=O)c1ccoc1)C2. The number of fused-ring (bicyclic) bond motifs is 2. The van der Waals surface area contributed by atoms with Gasteiger partial charge in [-0.15, -0.1) is 0 Å². The van der Waals surface area contributed by atoms with E-state index in [4.69, 9.17) is 9.15 Å². The highest BCUT2D eigenvalue weighted by atomic mass is 16.6. The third kappa shape index (κ3) is 3.43. The van der Waals surface area contributed by atoms with Crippen LogP contribution in [0.1, 0.15) is 63.2 Å². The number of carbonyl (C=O) groups is 2. The number of piperidine rings is 2. The van der Waals surface area contributed by atoms with E-state index < -0.39 is 5.60 Å². The Labute approximate surface area is 137 Å². The fraction of sp³-hybridized carbons (Fsp3) is 0.667. The maximum Gasteiger partial charge on any atom is 0.410 e. The summed E-state index contributed by atoms with van der Waals surface area (Å²) in [6.45, 7) is 5.65. The molecule has 2 bridgehead atoms. The molecule has 126 valence electrons. The molecule has 0 radical (unpaired) electrons. The molecule has 2 aliphatic heterocycles. The van der Waals surface area contributed by atoms with Gasteiger partial charge in [0, 0.05) is 18.0 Å². The zero-order chi connectivity index (χ0) is 16.6. The first-order valence-electron chi connectivity index (χ1n) is 8.43. The third-order valence-corrected chi connectivity index (χ3v) is 4.76. The normalized spacial score (nSPS) is 27.6. The predicted molar refractivity (Wildman–Crippen MR) is 85.3 cm³/mol. The number of ether oxygens (including phenoxy) is 1. The van der Waals surface area contributed by atoms with Crippen molar-refractivity contribution in [2.24, 2.45) is 5.92 Å². The maximum atomic E-state index is 12.6. The van der Waals surface area contributed by atoms with Crippen LogP contribution in [0.3, 0.4) is 0 Å². The maximum absolute atomic E-state index is 12.6. The number of furan rings is 1. The Morgan fingerprint density at radius 2 is 1.87 bits per heavy atom. The Hall–Kier alpha value is -1.78. The van der Waals surface area contributed by atoms with Gasteiger partial charge in [-0.05, 0) is 58.9 Å².